The van der Waals surface area contributed by atoms with Crippen LogP contribution in [0.4, 0.5) is 17.8 Å². The average Bonchev–Trinajstić information content (AvgIpc) is 2.73. The molecule has 0 amide bonds. The molecule has 118 valence electrons. The number of anilines is 3. The Morgan fingerprint density at radius 1 is 1.10 bits per heavy atom. The summed E-state index contributed by atoms with van der Waals surface area (Å²) in [5, 5.41) is 0. The van der Waals surface area contributed by atoms with Crippen LogP contribution in [0.25, 0.3) is 0 Å². The van der Waals surface area contributed by atoms with Crippen LogP contribution in [0.1, 0.15) is 52.9 Å². The third-order valence-corrected chi connectivity index (χ3v) is 4.28. The van der Waals surface area contributed by atoms with Gasteiger partial charge >= 0.3 is 0 Å². The molecule has 21 heavy (non-hydrogen) atoms. The van der Waals surface area contributed by atoms with E-state index in [9.17, 15) is 0 Å². The van der Waals surface area contributed by atoms with Gasteiger partial charge in [-0.05, 0) is 33.1 Å². The Morgan fingerprint density at radius 2 is 1.86 bits per heavy atom. The van der Waals surface area contributed by atoms with E-state index < -0.39 is 0 Å². The number of nitrogen functional groups attached to an aromatic ring is 1. The zero-order valence-corrected chi connectivity index (χ0v) is 13.5. The molecule has 6 nitrogen and oxygen atoms in total. The summed E-state index contributed by atoms with van der Waals surface area (Å²) in [6.07, 6.45) is 6.10. The molecule has 0 radical (unpaired) electrons. The summed E-state index contributed by atoms with van der Waals surface area (Å²) in [4.78, 5) is 17.8. The maximum Gasteiger partial charge on any atom is 0.232 e. The molecule has 1 aliphatic heterocycles. The Balaban J connectivity index is 2.32. The van der Waals surface area contributed by atoms with Crippen molar-refractivity contribution in [1.29, 1.82) is 0 Å². The van der Waals surface area contributed by atoms with Gasteiger partial charge in [-0.3, -0.25) is 0 Å². The first-order valence-corrected chi connectivity index (χ1v) is 8.22. The molecule has 1 saturated heterocycles. The van der Waals surface area contributed by atoms with Crippen molar-refractivity contribution in [2.75, 3.05) is 35.2 Å². The van der Waals surface area contributed by atoms with Crippen LogP contribution in [-0.2, 0) is 0 Å². The molecular formula is C15H28N6. The van der Waals surface area contributed by atoms with E-state index in [0.29, 0.717) is 17.9 Å². The normalized spacial score (nSPS) is 19.4. The SMILES string of the molecule is CCC1CCCCCN1c1nc(N)nc(N(CC)CC)n1. The maximum atomic E-state index is 5.92. The number of nitrogens with two attached hydrogens (primary N) is 1. The minimum atomic E-state index is 0.320. The van der Waals surface area contributed by atoms with Gasteiger partial charge in [0.2, 0.25) is 17.8 Å². The fourth-order valence-corrected chi connectivity index (χ4v) is 3.01. The summed E-state index contributed by atoms with van der Waals surface area (Å²) in [5.41, 5.74) is 5.92. The van der Waals surface area contributed by atoms with E-state index in [1.54, 1.807) is 0 Å². The Morgan fingerprint density at radius 3 is 2.52 bits per heavy atom. The van der Waals surface area contributed by atoms with Crippen molar-refractivity contribution in [3.05, 3.63) is 0 Å². The summed E-state index contributed by atoms with van der Waals surface area (Å²) >= 11 is 0. The monoisotopic (exact) mass is 292 g/mol. The van der Waals surface area contributed by atoms with E-state index in [1.165, 1.54) is 25.7 Å². The van der Waals surface area contributed by atoms with E-state index in [-0.39, 0.29) is 0 Å². The van der Waals surface area contributed by atoms with Gasteiger partial charge < -0.3 is 15.5 Å². The number of nitrogens with zero attached hydrogens (tertiary/aromatic N) is 5. The molecule has 2 heterocycles. The lowest BCUT2D eigenvalue weighted by Gasteiger charge is -2.30. The third-order valence-electron chi connectivity index (χ3n) is 4.28. The predicted octanol–water partition coefficient (Wildman–Crippen LogP) is 2.46. The van der Waals surface area contributed by atoms with E-state index >= 15 is 0 Å². The lowest BCUT2D eigenvalue weighted by molar-refractivity contribution is 0.546. The van der Waals surface area contributed by atoms with Gasteiger partial charge in [0.1, 0.15) is 0 Å². The summed E-state index contributed by atoms with van der Waals surface area (Å²) in [7, 11) is 0. The van der Waals surface area contributed by atoms with Gasteiger partial charge in [0.15, 0.2) is 0 Å². The van der Waals surface area contributed by atoms with Crippen molar-refractivity contribution < 1.29 is 0 Å². The Bertz CT molecular complexity index is 446. The van der Waals surface area contributed by atoms with Crippen LogP contribution in [-0.4, -0.2) is 40.6 Å². The number of hydrogen-bond donors (Lipinski definition) is 1. The smallest absolute Gasteiger partial charge is 0.232 e. The molecule has 1 atom stereocenters. The molecule has 0 aromatic carbocycles. The van der Waals surface area contributed by atoms with E-state index in [2.05, 4.69) is 45.5 Å². The molecule has 1 aromatic rings. The van der Waals surface area contributed by atoms with Crippen molar-refractivity contribution in [1.82, 2.24) is 15.0 Å². The van der Waals surface area contributed by atoms with Crippen LogP contribution < -0.4 is 15.5 Å². The van der Waals surface area contributed by atoms with Gasteiger partial charge in [-0.2, -0.15) is 15.0 Å². The van der Waals surface area contributed by atoms with Gasteiger partial charge in [0.25, 0.3) is 0 Å². The van der Waals surface area contributed by atoms with Crippen molar-refractivity contribution in [3.8, 4) is 0 Å². The summed E-state index contributed by atoms with van der Waals surface area (Å²) in [5.74, 6) is 1.76. The highest BCUT2D eigenvalue weighted by Crippen LogP contribution is 2.24. The molecule has 0 spiro atoms. The first kappa shape index (κ1) is 15.8. The average molecular weight is 292 g/mol. The molecule has 2 N–H and O–H groups in total. The quantitative estimate of drug-likeness (QED) is 0.899. The maximum absolute atomic E-state index is 5.92. The summed E-state index contributed by atoms with van der Waals surface area (Å²) in [6, 6.07) is 0.513. The molecule has 0 saturated carbocycles. The number of aromatic nitrogens is 3. The van der Waals surface area contributed by atoms with Gasteiger partial charge in [-0.1, -0.05) is 19.8 Å². The molecular weight excluding hydrogens is 264 g/mol. The molecule has 1 fully saturated rings. The Hall–Kier alpha value is -1.59. The molecule has 2 rings (SSSR count). The highest BCUT2D eigenvalue weighted by molar-refractivity contribution is 5.44. The minimum absolute atomic E-state index is 0.320. The molecule has 0 aliphatic carbocycles. The molecule has 1 aromatic heterocycles. The highest BCUT2D eigenvalue weighted by Gasteiger charge is 2.23. The van der Waals surface area contributed by atoms with Gasteiger partial charge in [-0.15, -0.1) is 0 Å². The lowest BCUT2D eigenvalue weighted by atomic mass is 10.1. The standard InChI is InChI=1S/C15H28N6/c1-4-12-10-8-7-9-11-21(12)15-18-13(16)17-14(19-15)20(5-2)6-3/h12H,4-11H2,1-3H3,(H2,16,17,18,19). The predicted molar refractivity (Wildman–Crippen MR) is 87.7 cm³/mol. The van der Waals surface area contributed by atoms with Gasteiger partial charge in [-0.25, -0.2) is 0 Å². The van der Waals surface area contributed by atoms with Gasteiger partial charge in [0, 0.05) is 25.7 Å². The Kier molecular flexibility index (Phi) is 5.59. The fourth-order valence-electron chi connectivity index (χ4n) is 3.01. The summed E-state index contributed by atoms with van der Waals surface area (Å²) < 4.78 is 0. The van der Waals surface area contributed by atoms with Crippen molar-refractivity contribution in [2.45, 2.75) is 58.9 Å². The van der Waals surface area contributed by atoms with Crippen molar-refractivity contribution in [2.24, 2.45) is 0 Å². The second-order valence-corrected chi connectivity index (χ2v) is 5.57. The number of hydrogen-bond acceptors (Lipinski definition) is 6. The van der Waals surface area contributed by atoms with Crippen LogP contribution in [0.5, 0.6) is 0 Å². The largest absolute Gasteiger partial charge is 0.368 e. The minimum Gasteiger partial charge on any atom is -0.368 e. The Labute approximate surface area is 127 Å². The fraction of sp³-hybridized carbons (Fsp3) is 0.800. The van der Waals surface area contributed by atoms with Crippen LogP contribution in [0, 0.1) is 0 Å². The van der Waals surface area contributed by atoms with Crippen molar-refractivity contribution >= 4 is 17.8 Å². The summed E-state index contributed by atoms with van der Waals surface area (Å²) in [6.45, 7) is 9.19. The van der Waals surface area contributed by atoms with Crippen LogP contribution in [0.15, 0.2) is 0 Å². The highest BCUT2D eigenvalue weighted by atomic mass is 15.4. The van der Waals surface area contributed by atoms with E-state index in [0.717, 1.165) is 32.0 Å². The van der Waals surface area contributed by atoms with E-state index in [4.69, 9.17) is 5.73 Å². The van der Waals surface area contributed by atoms with Crippen molar-refractivity contribution in [3.63, 3.8) is 0 Å². The zero-order valence-electron chi connectivity index (χ0n) is 13.5. The topological polar surface area (TPSA) is 71.2 Å². The number of rotatable bonds is 5. The van der Waals surface area contributed by atoms with Crippen LogP contribution in [0.3, 0.4) is 0 Å². The third kappa shape index (κ3) is 3.74. The first-order chi connectivity index (χ1) is 10.2. The molecule has 0 bridgehead atoms. The van der Waals surface area contributed by atoms with Crippen LogP contribution >= 0.6 is 0 Å². The second kappa shape index (κ2) is 7.43. The molecule has 6 heteroatoms. The van der Waals surface area contributed by atoms with Crippen LogP contribution in [0.2, 0.25) is 0 Å². The molecule has 1 aliphatic rings. The zero-order chi connectivity index (χ0) is 15.2. The first-order valence-electron chi connectivity index (χ1n) is 8.22. The molecule has 1 unspecified atom stereocenters. The van der Waals surface area contributed by atoms with Gasteiger partial charge in [0.05, 0.1) is 0 Å². The second-order valence-electron chi connectivity index (χ2n) is 5.57. The van der Waals surface area contributed by atoms with E-state index in [1.807, 2.05) is 0 Å². The lowest BCUT2D eigenvalue weighted by Crippen LogP contribution is -2.36.